The summed E-state index contributed by atoms with van der Waals surface area (Å²) in [6, 6.07) is 0. The first kappa shape index (κ1) is 15.7. The summed E-state index contributed by atoms with van der Waals surface area (Å²) in [4.78, 5) is 13.6. The monoisotopic (exact) mass is 291 g/mol. The Labute approximate surface area is 126 Å². The number of phenols is 1. The van der Waals surface area contributed by atoms with Crippen LogP contribution in [0.4, 0.5) is 0 Å². The third-order valence-corrected chi connectivity index (χ3v) is 4.62. The van der Waals surface area contributed by atoms with E-state index in [1.165, 1.54) is 0 Å². The average Bonchev–Trinajstić information content (AvgIpc) is 2.42. The number of hydrogen-bond acceptors (Lipinski definition) is 3. The zero-order valence-corrected chi connectivity index (χ0v) is 13.8. The molecule has 0 aromatic heterocycles. The maximum Gasteiger partial charge on any atom is 0.226 e. The first-order valence-corrected chi connectivity index (χ1v) is 7.37. The van der Waals surface area contributed by atoms with Gasteiger partial charge in [-0.15, -0.1) is 0 Å². The van der Waals surface area contributed by atoms with Gasteiger partial charge in [-0.3, -0.25) is 4.79 Å². The van der Waals surface area contributed by atoms with E-state index < -0.39 is 5.60 Å². The molecule has 1 aliphatic heterocycles. The van der Waals surface area contributed by atoms with Crippen molar-refractivity contribution in [2.45, 2.75) is 52.6 Å². The van der Waals surface area contributed by atoms with Gasteiger partial charge in [0.25, 0.3) is 0 Å². The molecule has 1 unspecified atom stereocenters. The normalized spacial score (nSPS) is 20.7. The average molecular weight is 291 g/mol. The molecule has 0 spiro atoms. The second kappa shape index (κ2) is 5.24. The molecule has 1 aromatic rings. The van der Waals surface area contributed by atoms with E-state index in [1.54, 1.807) is 19.0 Å². The van der Waals surface area contributed by atoms with E-state index >= 15 is 0 Å². The van der Waals surface area contributed by atoms with Crippen LogP contribution in [0.15, 0.2) is 0 Å². The van der Waals surface area contributed by atoms with Crippen molar-refractivity contribution in [3.63, 3.8) is 0 Å². The van der Waals surface area contributed by atoms with Crippen molar-refractivity contribution in [2.24, 2.45) is 0 Å². The Morgan fingerprint density at radius 3 is 2.43 bits per heavy atom. The van der Waals surface area contributed by atoms with Crippen LogP contribution >= 0.6 is 0 Å². The Hall–Kier alpha value is -1.71. The topological polar surface area (TPSA) is 49.8 Å². The second-order valence-corrected chi connectivity index (χ2v) is 6.55. The molecule has 0 bridgehead atoms. The number of rotatable bonds is 2. The molecule has 1 atom stereocenters. The third-order valence-electron chi connectivity index (χ3n) is 4.62. The summed E-state index contributed by atoms with van der Waals surface area (Å²) in [6.07, 6.45) is 1.98. The van der Waals surface area contributed by atoms with Crippen LogP contribution in [-0.2, 0) is 11.2 Å². The molecular weight excluding hydrogens is 266 g/mol. The van der Waals surface area contributed by atoms with Gasteiger partial charge in [0.05, 0.1) is 6.42 Å². The van der Waals surface area contributed by atoms with E-state index in [2.05, 4.69) is 0 Å². The Bertz CT molecular complexity index is 592. The fraction of sp³-hybridized carbons (Fsp3) is 0.588. The van der Waals surface area contributed by atoms with Crippen molar-refractivity contribution in [3.05, 3.63) is 22.3 Å². The van der Waals surface area contributed by atoms with Gasteiger partial charge in [0.2, 0.25) is 5.91 Å². The number of hydrogen-bond donors (Lipinski definition) is 1. The lowest BCUT2D eigenvalue weighted by Gasteiger charge is -2.38. The Morgan fingerprint density at radius 1 is 1.24 bits per heavy atom. The molecule has 4 nitrogen and oxygen atoms in total. The van der Waals surface area contributed by atoms with Crippen LogP contribution in [0.5, 0.6) is 11.5 Å². The zero-order chi connectivity index (χ0) is 15.9. The van der Waals surface area contributed by atoms with Crippen LogP contribution < -0.4 is 4.74 Å². The Balaban J connectivity index is 2.38. The smallest absolute Gasteiger partial charge is 0.226 e. The van der Waals surface area contributed by atoms with Gasteiger partial charge in [-0.2, -0.15) is 0 Å². The molecule has 1 amide bonds. The number of phenolic OH excluding ortho intramolecular Hbond substituents is 1. The van der Waals surface area contributed by atoms with Gasteiger partial charge in [0.1, 0.15) is 17.1 Å². The number of amides is 1. The Morgan fingerprint density at radius 2 is 1.86 bits per heavy atom. The van der Waals surface area contributed by atoms with Crippen molar-refractivity contribution in [2.75, 3.05) is 14.1 Å². The van der Waals surface area contributed by atoms with Gasteiger partial charge in [0, 0.05) is 19.7 Å². The summed E-state index contributed by atoms with van der Waals surface area (Å²) < 4.78 is 6.23. The minimum atomic E-state index is -0.477. The zero-order valence-electron chi connectivity index (χ0n) is 13.8. The van der Waals surface area contributed by atoms with Crippen molar-refractivity contribution < 1.29 is 14.6 Å². The van der Waals surface area contributed by atoms with Gasteiger partial charge < -0.3 is 14.7 Å². The minimum absolute atomic E-state index is 0.0748. The summed E-state index contributed by atoms with van der Waals surface area (Å²) in [6.45, 7) is 7.79. The van der Waals surface area contributed by atoms with E-state index in [1.807, 2.05) is 27.7 Å². The lowest BCUT2D eigenvalue weighted by atomic mass is 9.85. The maximum atomic E-state index is 12.0. The summed E-state index contributed by atoms with van der Waals surface area (Å²) in [5, 5.41) is 10.2. The number of ether oxygens (including phenoxy) is 1. The highest BCUT2D eigenvalue weighted by atomic mass is 16.5. The highest BCUT2D eigenvalue weighted by molar-refractivity contribution is 5.76. The third kappa shape index (κ3) is 2.71. The fourth-order valence-electron chi connectivity index (χ4n) is 2.90. The van der Waals surface area contributed by atoms with Gasteiger partial charge in [-0.05, 0) is 57.2 Å². The molecule has 21 heavy (non-hydrogen) atoms. The molecule has 0 aliphatic carbocycles. The van der Waals surface area contributed by atoms with Crippen LogP contribution in [0.3, 0.4) is 0 Å². The predicted molar refractivity (Wildman–Crippen MR) is 83.0 cm³/mol. The van der Waals surface area contributed by atoms with Gasteiger partial charge >= 0.3 is 0 Å². The first-order chi connectivity index (χ1) is 9.66. The van der Waals surface area contributed by atoms with Crippen LogP contribution in [0, 0.1) is 20.8 Å². The van der Waals surface area contributed by atoms with Gasteiger partial charge in [0.15, 0.2) is 0 Å². The van der Waals surface area contributed by atoms with Crippen molar-refractivity contribution in [3.8, 4) is 11.5 Å². The van der Waals surface area contributed by atoms with Crippen molar-refractivity contribution >= 4 is 5.91 Å². The predicted octanol–water partition coefficient (Wildman–Crippen LogP) is 2.88. The quantitative estimate of drug-likeness (QED) is 0.911. The van der Waals surface area contributed by atoms with E-state index in [0.717, 1.165) is 40.8 Å². The largest absolute Gasteiger partial charge is 0.507 e. The maximum absolute atomic E-state index is 12.0. The number of fused-ring (bicyclic) bond motifs is 1. The van der Waals surface area contributed by atoms with E-state index in [0.29, 0.717) is 12.2 Å². The summed E-state index contributed by atoms with van der Waals surface area (Å²) in [7, 11) is 3.53. The van der Waals surface area contributed by atoms with Crippen LogP contribution in [0.1, 0.15) is 42.0 Å². The molecule has 2 rings (SSSR count). The molecule has 1 aromatic carbocycles. The van der Waals surface area contributed by atoms with Gasteiger partial charge in [-0.1, -0.05) is 0 Å². The lowest BCUT2D eigenvalue weighted by Crippen LogP contribution is -2.41. The van der Waals surface area contributed by atoms with Crippen LogP contribution in [0.25, 0.3) is 0 Å². The number of aromatic hydroxyl groups is 1. The molecule has 1 N–H and O–H groups in total. The van der Waals surface area contributed by atoms with Crippen molar-refractivity contribution in [1.29, 1.82) is 0 Å². The van der Waals surface area contributed by atoms with E-state index in [9.17, 15) is 9.90 Å². The number of carbonyl (C=O) groups is 1. The molecule has 116 valence electrons. The molecule has 1 heterocycles. The van der Waals surface area contributed by atoms with E-state index in [-0.39, 0.29) is 5.91 Å². The number of nitrogens with zero attached hydrogens (tertiary/aromatic N) is 1. The number of benzene rings is 1. The second-order valence-electron chi connectivity index (χ2n) is 6.55. The number of carbonyl (C=O) groups excluding carboxylic acids is 1. The Kier molecular flexibility index (Phi) is 3.91. The van der Waals surface area contributed by atoms with E-state index in [4.69, 9.17) is 4.74 Å². The molecular formula is C17H25NO3. The summed E-state index contributed by atoms with van der Waals surface area (Å²) in [5.41, 5.74) is 3.32. The standard InChI is InChI=1S/C17H25NO3/c1-10-11(2)16-13(12(3)15(10)20)7-8-17(4,21-16)9-14(19)18(5)6/h20H,7-9H2,1-6H3. The lowest BCUT2D eigenvalue weighted by molar-refractivity contribution is -0.133. The molecule has 0 saturated heterocycles. The summed E-state index contributed by atoms with van der Waals surface area (Å²) in [5.74, 6) is 1.29. The first-order valence-electron chi connectivity index (χ1n) is 7.37. The van der Waals surface area contributed by atoms with Crippen LogP contribution in [-0.4, -0.2) is 35.6 Å². The summed E-state index contributed by atoms with van der Waals surface area (Å²) >= 11 is 0. The SMILES string of the molecule is Cc1c(C)c2c(c(C)c1O)CCC(C)(CC(=O)N(C)C)O2. The molecule has 0 fully saturated rings. The highest BCUT2D eigenvalue weighted by Gasteiger charge is 2.36. The van der Waals surface area contributed by atoms with Crippen LogP contribution in [0.2, 0.25) is 0 Å². The molecule has 4 heteroatoms. The fourth-order valence-corrected chi connectivity index (χ4v) is 2.90. The minimum Gasteiger partial charge on any atom is -0.507 e. The van der Waals surface area contributed by atoms with Crippen molar-refractivity contribution in [1.82, 2.24) is 4.90 Å². The molecule has 0 radical (unpaired) electrons. The highest BCUT2D eigenvalue weighted by Crippen LogP contribution is 2.44. The van der Waals surface area contributed by atoms with Gasteiger partial charge in [-0.25, -0.2) is 0 Å². The molecule has 0 saturated carbocycles. The molecule has 1 aliphatic rings.